The van der Waals surface area contributed by atoms with Crippen molar-refractivity contribution in [2.75, 3.05) is 33.4 Å². The molecule has 37 heavy (non-hydrogen) atoms. The van der Waals surface area contributed by atoms with Gasteiger partial charge in [-0.2, -0.15) is 0 Å². The second kappa shape index (κ2) is 12.7. The second-order valence-electron chi connectivity index (χ2n) is 11.1. The zero-order chi connectivity index (χ0) is 25.0. The van der Waals surface area contributed by atoms with Gasteiger partial charge < -0.3 is 24.6 Å². The van der Waals surface area contributed by atoms with E-state index in [0.29, 0.717) is 24.6 Å². The minimum Gasteiger partial charge on any atom is -0.385 e. The molecular formula is C29H43ClN4O3. The Bertz CT molecular complexity index is 1010. The molecule has 2 N–H and O–H groups in total. The van der Waals surface area contributed by atoms with Gasteiger partial charge in [-0.1, -0.05) is 75.3 Å². The zero-order valence-corrected chi connectivity index (χ0v) is 22.9. The van der Waals surface area contributed by atoms with Gasteiger partial charge in [-0.3, -0.25) is 4.79 Å². The molecule has 2 aliphatic carbocycles. The van der Waals surface area contributed by atoms with Crippen LogP contribution in [0.3, 0.4) is 0 Å². The van der Waals surface area contributed by atoms with Crippen LogP contribution < -0.4 is 5.32 Å². The normalized spacial score (nSPS) is 27.0. The Morgan fingerprint density at radius 1 is 1.14 bits per heavy atom. The maximum Gasteiger partial charge on any atom is 0.275 e. The number of aromatic nitrogens is 2. The third kappa shape index (κ3) is 6.06. The lowest BCUT2D eigenvalue weighted by molar-refractivity contribution is -0.0893. The van der Waals surface area contributed by atoms with Crippen molar-refractivity contribution >= 4 is 18.3 Å². The summed E-state index contributed by atoms with van der Waals surface area (Å²) in [6.45, 7) is 2.63. The highest BCUT2D eigenvalue weighted by Crippen LogP contribution is 2.41. The molecule has 0 unspecified atom stereocenters. The van der Waals surface area contributed by atoms with Crippen molar-refractivity contribution in [1.29, 1.82) is 0 Å². The fraction of sp³-hybridized carbons (Fsp3) is 0.655. The van der Waals surface area contributed by atoms with Crippen LogP contribution in [0.15, 0.2) is 36.7 Å². The summed E-state index contributed by atoms with van der Waals surface area (Å²) in [5, 5.41) is 15.1. The lowest BCUT2D eigenvalue weighted by atomic mass is 9.80. The summed E-state index contributed by atoms with van der Waals surface area (Å²) in [4.78, 5) is 21.0. The van der Waals surface area contributed by atoms with Crippen molar-refractivity contribution in [1.82, 2.24) is 19.8 Å². The first-order valence-electron chi connectivity index (χ1n) is 14.0. The molecule has 0 spiro atoms. The Kier molecular flexibility index (Phi) is 9.67. The van der Waals surface area contributed by atoms with Crippen LogP contribution in [-0.4, -0.2) is 70.5 Å². The van der Waals surface area contributed by atoms with Crippen molar-refractivity contribution in [2.24, 2.45) is 5.92 Å². The van der Waals surface area contributed by atoms with Gasteiger partial charge in [0, 0.05) is 38.3 Å². The van der Waals surface area contributed by atoms with Crippen molar-refractivity contribution in [2.45, 2.75) is 81.9 Å². The van der Waals surface area contributed by atoms with Crippen molar-refractivity contribution in [3.8, 4) is 11.3 Å². The average molecular weight is 531 g/mol. The number of imidazole rings is 1. The molecule has 1 saturated heterocycles. The number of aliphatic hydroxyl groups is 1. The molecule has 1 aliphatic heterocycles. The van der Waals surface area contributed by atoms with Gasteiger partial charge in [-0.15, -0.1) is 12.4 Å². The van der Waals surface area contributed by atoms with E-state index in [1.165, 1.54) is 32.1 Å². The molecule has 2 saturated carbocycles. The van der Waals surface area contributed by atoms with E-state index in [0.717, 1.165) is 50.0 Å². The van der Waals surface area contributed by atoms with Crippen LogP contribution in [0.2, 0.25) is 0 Å². The number of methoxy groups -OCH3 is 1. The van der Waals surface area contributed by atoms with Crippen LogP contribution in [0, 0.1) is 5.92 Å². The maximum atomic E-state index is 14.2. The molecule has 204 valence electrons. The summed E-state index contributed by atoms with van der Waals surface area (Å²) >= 11 is 0. The number of piperazine rings is 1. The van der Waals surface area contributed by atoms with E-state index in [2.05, 4.69) is 14.8 Å². The van der Waals surface area contributed by atoms with E-state index in [4.69, 9.17) is 9.72 Å². The minimum atomic E-state index is -0.976. The lowest BCUT2D eigenvalue weighted by Gasteiger charge is -2.41. The van der Waals surface area contributed by atoms with Crippen LogP contribution in [-0.2, 0) is 4.74 Å². The van der Waals surface area contributed by atoms with Gasteiger partial charge in [0.05, 0.1) is 24.7 Å². The molecule has 3 fully saturated rings. The van der Waals surface area contributed by atoms with Gasteiger partial charge in [-0.25, -0.2) is 4.98 Å². The molecule has 0 radical (unpaired) electrons. The first kappa shape index (κ1) is 28.1. The average Bonchev–Trinajstić information content (AvgIpc) is 3.35. The Labute approximate surface area is 227 Å². The van der Waals surface area contributed by atoms with Crippen molar-refractivity contribution in [3.05, 3.63) is 42.4 Å². The Balaban J connectivity index is 0.00000320. The summed E-state index contributed by atoms with van der Waals surface area (Å²) in [7, 11) is 1.64. The van der Waals surface area contributed by atoms with Crippen LogP contribution in [0.5, 0.6) is 0 Å². The highest BCUT2D eigenvalue weighted by Gasteiger charge is 2.42. The predicted molar refractivity (Wildman–Crippen MR) is 148 cm³/mol. The van der Waals surface area contributed by atoms with Crippen molar-refractivity contribution < 1.29 is 14.6 Å². The molecular weight excluding hydrogens is 488 g/mol. The first-order valence-corrected chi connectivity index (χ1v) is 14.0. The molecule has 2 aromatic rings. The van der Waals surface area contributed by atoms with E-state index >= 15 is 0 Å². The van der Waals surface area contributed by atoms with E-state index in [1.807, 2.05) is 30.3 Å². The summed E-state index contributed by atoms with van der Waals surface area (Å²) < 4.78 is 7.52. The third-order valence-electron chi connectivity index (χ3n) is 8.67. The molecule has 0 bridgehead atoms. The number of hydrogen-bond acceptors (Lipinski definition) is 5. The summed E-state index contributed by atoms with van der Waals surface area (Å²) in [5.74, 6) is 0.720. The molecule has 7 nitrogen and oxygen atoms in total. The molecule has 3 aliphatic rings. The maximum absolute atomic E-state index is 14.2. The van der Waals surface area contributed by atoms with Crippen LogP contribution in [0.4, 0.5) is 0 Å². The number of nitrogens with zero attached hydrogens (tertiary/aromatic N) is 3. The predicted octanol–water partition coefficient (Wildman–Crippen LogP) is 4.85. The van der Waals surface area contributed by atoms with Gasteiger partial charge in [-0.05, 0) is 25.2 Å². The lowest BCUT2D eigenvalue weighted by Crippen LogP contribution is -2.54. The molecule has 3 atom stereocenters. The molecule has 2 heterocycles. The fourth-order valence-electron chi connectivity index (χ4n) is 6.84. The monoisotopic (exact) mass is 530 g/mol. The Hall–Kier alpha value is -1.93. The summed E-state index contributed by atoms with van der Waals surface area (Å²) in [5.41, 5.74) is 1.30. The largest absolute Gasteiger partial charge is 0.385 e. The van der Waals surface area contributed by atoms with E-state index in [9.17, 15) is 9.90 Å². The number of carbonyl (C=O) groups excluding carboxylic acids is 1. The number of rotatable bonds is 7. The Morgan fingerprint density at radius 2 is 1.89 bits per heavy atom. The van der Waals surface area contributed by atoms with E-state index in [1.54, 1.807) is 13.4 Å². The van der Waals surface area contributed by atoms with E-state index < -0.39 is 5.60 Å². The highest BCUT2D eigenvalue weighted by molar-refractivity contribution is 5.98. The highest BCUT2D eigenvalue weighted by atomic mass is 35.5. The van der Waals surface area contributed by atoms with Gasteiger partial charge in [0.15, 0.2) is 5.69 Å². The number of halogens is 1. The number of nitrogens with one attached hydrogen (secondary N) is 1. The molecule has 8 heteroatoms. The standard InChI is InChI=1S/C29H42N4O3.ClH/c1-36-20-29(35)15-9-8-14-25(29)33-21-31-26(27(33)23-12-6-3-7-13-23)28(34)32-17-16-30-19-24(32)18-22-10-4-2-5-11-22;/h3,6-7,12-13,21-22,24-25,30,35H,2,4-5,8-11,14-20H2,1H3;1H/t24-,25-,29-;/m1./s1. The SMILES string of the molecule is COC[C@]1(O)CCCC[C@H]1n1cnc(C(=O)N2CCNC[C@H]2CC2CCCCC2)c1-c1ccccc1.Cl. The van der Waals surface area contributed by atoms with Gasteiger partial charge in [0.25, 0.3) is 5.91 Å². The van der Waals surface area contributed by atoms with Crippen LogP contribution in [0.25, 0.3) is 11.3 Å². The third-order valence-corrected chi connectivity index (χ3v) is 8.67. The number of ether oxygens (including phenoxy) is 1. The first-order chi connectivity index (χ1) is 17.6. The quantitative estimate of drug-likeness (QED) is 0.535. The second-order valence-corrected chi connectivity index (χ2v) is 11.1. The Morgan fingerprint density at radius 3 is 2.65 bits per heavy atom. The number of hydrogen-bond donors (Lipinski definition) is 2. The molecule has 1 amide bonds. The van der Waals surface area contributed by atoms with Gasteiger partial charge in [0.2, 0.25) is 0 Å². The van der Waals surface area contributed by atoms with Gasteiger partial charge in [0.1, 0.15) is 5.60 Å². The minimum absolute atomic E-state index is 0. The summed E-state index contributed by atoms with van der Waals surface area (Å²) in [6.07, 6.45) is 12.9. The van der Waals surface area contributed by atoms with Crippen molar-refractivity contribution in [3.63, 3.8) is 0 Å². The van der Waals surface area contributed by atoms with Crippen LogP contribution >= 0.6 is 12.4 Å². The fourth-order valence-corrected chi connectivity index (χ4v) is 6.84. The smallest absolute Gasteiger partial charge is 0.275 e. The molecule has 1 aromatic heterocycles. The number of carbonyl (C=O) groups is 1. The molecule has 1 aromatic carbocycles. The number of amides is 1. The summed E-state index contributed by atoms with van der Waals surface area (Å²) in [6, 6.07) is 10.1. The van der Waals surface area contributed by atoms with Crippen LogP contribution in [0.1, 0.15) is 80.7 Å². The topological polar surface area (TPSA) is 79.6 Å². The molecule has 5 rings (SSSR count). The van der Waals surface area contributed by atoms with E-state index in [-0.39, 0.29) is 37.0 Å². The number of benzene rings is 1. The van der Waals surface area contributed by atoms with Gasteiger partial charge >= 0.3 is 0 Å². The zero-order valence-electron chi connectivity index (χ0n) is 22.1.